The molecule has 2 heterocycles. The van der Waals surface area contributed by atoms with E-state index in [0.717, 1.165) is 41.4 Å². The van der Waals surface area contributed by atoms with E-state index >= 15 is 0 Å². The fourth-order valence-electron chi connectivity index (χ4n) is 13.1. The van der Waals surface area contributed by atoms with Crippen molar-refractivity contribution >= 4 is 10.8 Å². The van der Waals surface area contributed by atoms with E-state index in [9.17, 15) is 0 Å². The molecule has 0 unspecified atom stereocenters. The largest absolute Gasteiger partial charge is 0.487 e. The summed E-state index contributed by atoms with van der Waals surface area (Å²) >= 11 is 0. The van der Waals surface area contributed by atoms with Crippen LogP contribution < -0.4 is 9.47 Å². The van der Waals surface area contributed by atoms with Gasteiger partial charge in [0.05, 0.1) is 52.9 Å². The van der Waals surface area contributed by atoms with Crippen LogP contribution in [0.2, 0.25) is 0 Å². The Morgan fingerprint density at radius 1 is 0.704 bits per heavy atom. The lowest BCUT2D eigenvalue weighted by molar-refractivity contribution is -0.202. The van der Waals surface area contributed by atoms with Gasteiger partial charge in [-0.25, -0.2) is 0 Å². The molecule has 7 heteroatoms. The number of hydrogen-bond acceptors (Lipinski definition) is 7. The topological polar surface area (TPSA) is 58.6 Å². The second-order valence-electron chi connectivity index (χ2n) is 18.7. The van der Waals surface area contributed by atoms with Crippen molar-refractivity contribution in [3.63, 3.8) is 0 Å². The van der Waals surface area contributed by atoms with Crippen LogP contribution in [0, 0.1) is 51.8 Å². The number of hydrogen-bond donors (Lipinski definition) is 0. The van der Waals surface area contributed by atoms with Crippen molar-refractivity contribution in [1.29, 1.82) is 0 Å². The smallest absolute Gasteiger partial charge is 0.161 e. The van der Waals surface area contributed by atoms with E-state index < -0.39 is 0 Å². The van der Waals surface area contributed by atoms with Crippen LogP contribution in [0.1, 0.15) is 85.5 Å². The van der Waals surface area contributed by atoms with E-state index in [4.69, 9.17) is 28.4 Å². The molecule has 0 aromatic heterocycles. The molecule has 2 bridgehead atoms. The van der Waals surface area contributed by atoms with Crippen LogP contribution in [0.25, 0.3) is 10.8 Å². The van der Waals surface area contributed by atoms with Crippen LogP contribution in [-0.2, 0) is 18.9 Å². The Bertz CT molecular complexity index is 1590. The number of benzene rings is 2. The molecular weight excluding hydrogens is 675 g/mol. The average molecular weight is 744 g/mol. The number of nitrogens with zero attached hydrogens (tertiary/aromatic N) is 1. The van der Waals surface area contributed by atoms with Gasteiger partial charge in [0.15, 0.2) is 11.5 Å². The van der Waals surface area contributed by atoms with Gasteiger partial charge in [-0.3, -0.25) is 0 Å². The van der Waals surface area contributed by atoms with Crippen LogP contribution in [-0.4, -0.2) is 90.6 Å². The van der Waals surface area contributed by atoms with Gasteiger partial charge >= 0.3 is 0 Å². The molecule has 1 spiro atoms. The number of piperidine rings is 1. The Morgan fingerprint density at radius 2 is 1.33 bits per heavy atom. The van der Waals surface area contributed by atoms with E-state index in [2.05, 4.69) is 69.0 Å². The molecule has 2 aliphatic heterocycles. The van der Waals surface area contributed by atoms with E-state index in [1.54, 1.807) is 5.57 Å². The second-order valence-corrected chi connectivity index (χ2v) is 18.7. The van der Waals surface area contributed by atoms with Crippen LogP contribution in [0.4, 0.5) is 0 Å². The minimum atomic E-state index is 0.161. The molecule has 0 amide bonds. The van der Waals surface area contributed by atoms with Crippen LogP contribution in [0.15, 0.2) is 48.0 Å². The molecule has 0 N–H and O–H groups in total. The molecule has 5 aliphatic carbocycles. The lowest BCUT2D eigenvalue weighted by Crippen LogP contribution is -2.65. The lowest BCUT2D eigenvalue weighted by atomic mass is 9.34. The third kappa shape index (κ3) is 7.63. The Labute approximate surface area is 325 Å². The minimum absolute atomic E-state index is 0.161. The summed E-state index contributed by atoms with van der Waals surface area (Å²) in [5.41, 5.74) is 2.62. The minimum Gasteiger partial charge on any atom is -0.487 e. The van der Waals surface area contributed by atoms with Gasteiger partial charge in [-0.1, -0.05) is 76.5 Å². The van der Waals surface area contributed by atoms with Crippen molar-refractivity contribution < 1.29 is 28.4 Å². The highest BCUT2D eigenvalue weighted by molar-refractivity contribution is 5.86. The summed E-state index contributed by atoms with van der Waals surface area (Å²) in [6.45, 7) is 20.0. The Morgan fingerprint density at radius 3 is 2.00 bits per heavy atom. The van der Waals surface area contributed by atoms with Gasteiger partial charge in [0.25, 0.3) is 0 Å². The molecular formula is C47H69NO6. The summed E-state index contributed by atoms with van der Waals surface area (Å²) in [7, 11) is 0. The highest BCUT2D eigenvalue weighted by Gasteiger charge is 2.67. The highest BCUT2D eigenvalue weighted by Crippen LogP contribution is 2.73. The molecule has 7 nitrogen and oxygen atoms in total. The Balaban J connectivity index is 0.996. The van der Waals surface area contributed by atoms with Crippen molar-refractivity contribution in [1.82, 2.24) is 4.90 Å². The monoisotopic (exact) mass is 744 g/mol. The molecule has 54 heavy (non-hydrogen) atoms. The van der Waals surface area contributed by atoms with E-state index in [1.807, 2.05) is 6.07 Å². The fourth-order valence-corrected chi connectivity index (χ4v) is 13.1. The number of rotatable bonds is 3. The van der Waals surface area contributed by atoms with Crippen molar-refractivity contribution in [2.75, 3.05) is 85.7 Å². The van der Waals surface area contributed by atoms with Gasteiger partial charge in [-0.15, -0.1) is 0 Å². The molecule has 3 saturated carbocycles. The molecule has 9 rings (SSSR count). The maximum atomic E-state index is 6.69. The number of fused-ring (bicyclic) bond motifs is 3. The second kappa shape index (κ2) is 16.7. The molecule has 8 atom stereocenters. The standard InChI is InChI=1S/C47H69NO6/c1-34(2)38-30-47-16-13-43-45(3,33-48-17-8-5-9-18-48)14-10-15-46(43,4)44(47)29-37(38)39-31-51-21-19-49-23-25-53-41-27-35-11-6-7-12-36(35)28-42(41)54-26-24-50-20-22-52-32-40(39)47/h6-7,11-12,27-28,30,34,37,39-40,43-44H,5,8-10,13-26,29,31-33H2,1-4H3/t37-,39-,40-,43+,44-,45+,46+,47+/m1/s1. The van der Waals surface area contributed by atoms with Crippen molar-refractivity contribution in [2.45, 2.75) is 85.5 Å². The molecule has 1 saturated heterocycles. The Kier molecular flexibility index (Phi) is 12.0. The van der Waals surface area contributed by atoms with Gasteiger partial charge in [-0.05, 0) is 133 Å². The van der Waals surface area contributed by atoms with Crippen LogP contribution in [0.5, 0.6) is 11.5 Å². The zero-order chi connectivity index (χ0) is 37.2. The normalized spacial score (nSPS) is 37.5. The first kappa shape index (κ1) is 38.7. The SMILES string of the molecule is CC(C)C1=C[C@]23CC[C@H]4[C@](C)(CN5CCCCC5)CCC[C@]4(C)[C@H]2C[C@H]1[C@H]1COCCOCCOc2cc4ccccc4cc2OCCOCCOC[C@H]13. The number of ether oxygens (including phenoxy) is 6. The quantitative estimate of drug-likeness (QED) is 0.291. The van der Waals surface area contributed by atoms with E-state index in [1.165, 1.54) is 77.4 Å². The van der Waals surface area contributed by atoms with Gasteiger partial charge in [0.1, 0.15) is 13.2 Å². The highest BCUT2D eigenvalue weighted by atomic mass is 16.6. The third-order valence-electron chi connectivity index (χ3n) is 15.3. The fraction of sp³-hybridized carbons (Fsp3) is 0.745. The molecule has 298 valence electrons. The van der Waals surface area contributed by atoms with Crippen LogP contribution >= 0.6 is 0 Å². The first-order chi connectivity index (χ1) is 26.3. The predicted octanol–water partition coefficient (Wildman–Crippen LogP) is 9.22. The molecule has 4 fully saturated rings. The number of allylic oxidation sites excluding steroid dienone is 2. The lowest BCUT2D eigenvalue weighted by Gasteiger charge is -2.70. The maximum Gasteiger partial charge on any atom is 0.161 e. The van der Waals surface area contributed by atoms with Crippen molar-refractivity contribution in [3.8, 4) is 11.5 Å². The molecule has 0 radical (unpaired) electrons. The summed E-state index contributed by atoms with van der Waals surface area (Å²) in [5, 5.41) is 2.25. The summed E-state index contributed by atoms with van der Waals surface area (Å²) in [5.74, 6) is 4.97. The zero-order valence-corrected chi connectivity index (χ0v) is 34.0. The maximum absolute atomic E-state index is 6.69. The Hall–Kier alpha value is -2.16. The molecule has 2 aromatic carbocycles. The zero-order valence-electron chi connectivity index (χ0n) is 34.0. The average Bonchev–Trinajstić information content (AvgIpc) is 3.16. The van der Waals surface area contributed by atoms with Gasteiger partial charge in [-0.2, -0.15) is 0 Å². The first-order valence-corrected chi connectivity index (χ1v) is 21.9. The van der Waals surface area contributed by atoms with Gasteiger partial charge in [0.2, 0.25) is 0 Å². The summed E-state index contributed by atoms with van der Waals surface area (Å²) in [4.78, 5) is 2.84. The van der Waals surface area contributed by atoms with Crippen LogP contribution in [0.3, 0.4) is 0 Å². The van der Waals surface area contributed by atoms with Crippen molar-refractivity contribution in [2.24, 2.45) is 51.8 Å². The summed E-state index contributed by atoms with van der Waals surface area (Å²) in [6.07, 6.45) is 15.1. The van der Waals surface area contributed by atoms with E-state index in [0.29, 0.717) is 93.3 Å². The third-order valence-corrected chi connectivity index (χ3v) is 15.3. The molecule has 7 aliphatic rings. The predicted molar refractivity (Wildman–Crippen MR) is 215 cm³/mol. The van der Waals surface area contributed by atoms with E-state index in [-0.39, 0.29) is 5.41 Å². The van der Waals surface area contributed by atoms with Crippen molar-refractivity contribution in [3.05, 3.63) is 48.0 Å². The summed E-state index contributed by atoms with van der Waals surface area (Å²) < 4.78 is 37.9. The summed E-state index contributed by atoms with van der Waals surface area (Å²) in [6, 6.07) is 12.4. The first-order valence-electron chi connectivity index (χ1n) is 21.9. The van der Waals surface area contributed by atoms with Gasteiger partial charge < -0.3 is 33.3 Å². The number of likely N-dealkylation sites (tertiary alicyclic amines) is 1. The molecule has 2 aromatic rings. The van der Waals surface area contributed by atoms with Gasteiger partial charge in [0, 0.05) is 6.54 Å².